The van der Waals surface area contributed by atoms with Crippen LogP contribution in [-0.2, 0) is 9.53 Å². The minimum absolute atomic E-state index is 0.0470. The van der Waals surface area contributed by atoms with Gasteiger partial charge >= 0.3 is 0 Å². The van der Waals surface area contributed by atoms with Crippen molar-refractivity contribution in [2.24, 2.45) is 0 Å². The summed E-state index contributed by atoms with van der Waals surface area (Å²) in [6.45, 7) is 1.64. The molecule has 6 heteroatoms. The standard InChI is InChI=1S/C14H17ClN2O3/c15-10-6-12-13(20-8-14(18)17-12)7-11(10)16-9-2-1-4-19-5-3-9/h6-7,9,16H,1-5,8H2,(H,17,18). The van der Waals surface area contributed by atoms with Gasteiger partial charge in [0.1, 0.15) is 5.75 Å². The molecule has 3 rings (SSSR count). The first-order valence-corrected chi connectivity index (χ1v) is 7.20. The van der Waals surface area contributed by atoms with Gasteiger partial charge in [0.2, 0.25) is 0 Å². The van der Waals surface area contributed by atoms with Crippen molar-refractivity contribution < 1.29 is 14.3 Å². The SMILES string of the molecule is O=C1COc2cc(NC3CCCOCC3)c(Cl)cc2N1. The highest BCUT2D eigenvalue weighted by molar-refractivity contribution is 6.33. The van der Waals surface area contributed by atoms with E-state index in [0.717, 1.165) is 38.2 Å². The van der Waals surface area contributed by atoms with Crippen molar-refractivity contribution >= 4 is 28.9 Å². The monoisotopic (exact) mass is 296 g/mol. The second kappa shape index (κ2) is 5.89. The zero-order valence-corrected chi connectivity index (χ0v) is 11.8. The van der Waals surface area contributed by atoms with Crippen molar-refractivity contribution in [1.29, 1.82) is 0 Å². The van der Waals surface area contributed by atoms with Crippen molar-refractivity contribution in [3.8, 4) is 5.75 Å². The smallest absolute Gasteiger partial charge is 0.262 e. The second-order valence-electron chi connectivity index (χ2n) is 5.05. The first kappa shape index (κ1) is 13.5. The number of hydrogen-bond donors (Lipinski definition) is 2. The van der Waals surface area contributed by atoms with Gasteiger partial charge in [-0.15, -0.1) is 0 Å². The average Bonchev–Trinajstić information content (AvgIpc) is 2.68. The lowest BCUT2D eigenvalue weighted by Crippen LogP contribution is -2.26. The molecule has 1 aromatic rings. The largest absolute Gasteiger partial charge is 0.482 e. The molecule has 0 bridgehead atoms. The Hall–Kier alpha value is -1.46. The van der Waals surface area contributed by atoms with E-state index in [1.807, 2.05) is 6.07 Å². The molecule has 0 spiro atoms. The third-order valence-corrected chi connectivity index (χ3v) is 3.83. The molecule has 0 saturated carbocycles. The Kier molecular flexibility index (Phi) is 3.98. The van der Waals surface area contributed by atoms with Gasteiger partial charge in [0.25, 0.3) is 5.91 Å². The van der Waals surface area contributed by atoms with Crippen LogP contribution >= 0.6 is 11.6 Å². The van der Waals surface area contributed by atoms with Gasteiger partial charge in [0.05, 0.1) is 16.4 Å². The number of nitrogens with one attached hydrogen (secondary N) is 2. The molecule has 2 aliphatic rings. The number of halogens is 1. The van der Waals surface area contributed by atoms with Gasteiger partial charge in [-0.05, 0) is 25.3 Å². The van der Waals surface area contributed by atoms with Crippen LogP contribution in [0.5, 0.6) is 5.75 Å². The minimum Gasteiger partial charge on any atom is -0.482 e. The lowest BCUT2D eigenvalue weighted by molar-refractivity contribution is -0.118. The molecule has 2 aliphatic heterocycles. The van der Waals surface area contributed by atoms with Crippen molar-refractivity contribution in [2.45, 2.75) is 25.3 Å². The lowest BCUT2D eigenvalue weighted by Gasteiger charge is -2.22. The average molecular weight is 297 g/mol. The molecule has 0 radical (unpaired) electrons. The van der Waals surface area contributed by atoms with Crippen LogP contribution in [0.15, 0.2) is 12.1 Å². The fraction of sp³-hybridized carbons (Fsp3) is 0.500. The number of carbonyl (C=O) groups excluding carboxylic acids is 1. The zero-order chi connectivity index (χ0) is 13.9. The summed E-state index contributed by atoms with van der Waals surface area (Å²) in [5, 5.41) is 6.77. The van der Waals surface area contributed by atoms with E-state index in [9.17, 15) is 4.79 Å². The second-order valence-corrected chi connectivity index (χ2v) is 5.46. The molecule has 1 amide bonds. The Morgan fingerprint density at radius 1 is 1.30 bits per heavy atom. The third-order valence-electron chi connectivity index (χ3n) is 3.51. The normalized spacial score (nSPS) is 22.2. The van der Waals surface area contributed by atoms with Crippen LogP contribution < -0.4 is 15.4 Å². The molecule has 1 fully saturated rings. The quantitative estimate of drug-likeness (QED) is 0.881. The van der Waals surface area contributed by atoms with Crippen LogP contribution in [-0.4, -0.2) is 31.8 Å². The molecule has 0 aliphatic carbocycles. The summed E-state index contributed by atoms with van der Waals surface area (Å²) in [6, 6.07) is 3.93. The fourth-order valence-electron chi connectivity index (χ4n) is 2.48. The topological polar surface area (TPSA) is 59.6 Å². The van der Waals surface area contributed by atoms with Crippen LogP contribution in [0.25, 0.3) is 0 Å². The Labute approximate surface area is 122 Å². The van der Waals surface area contributed by atoms with Crippen LogP contribution in [0.3, 0.4) is 0 Å². The summed E-state index contributed by atoms with van der Waals surface area (Å²) >= 11 is 6.27. The molecule has 1 atom stereocenters. The lowest BCUT2D eigenvalue weighted by atomic mass is 10.1. The highest BCUT2D eigenvalue weighted by atomic mass is 35.5. The van der Waals surface area contributed by atoms with Crippen molar-refractivity contribution in [1.82, 2.24) is 0 Å². The summed E-state index contributed by atoms with van der Waals surface area (Å²) in [5.74, 6) is 0.497. The molecule has 20 heavy (non-hydrogen) atoms. The summed E-state index contributed by atoms with van der Waals surface area (Å²) < 4.78 is 10.9. The van der Waals surface area contributed by atoms with Crippen molar-refractivity contribution in [3.63, 3.8) is 0 Å². The summed E-state index contributed by atoms with van der Waals surface area (Å²) in [6.07, 6.45) is 3.07. The van der Waals surface area contributed by atoms with E-state index in [4.69, 9.17) is 21.1 Å². The fourth-order valence-corrected chi connectivity index (χ4v) is 2.70. The van der Waals surface area contributed by atoms with E-state index in [2.05, 4.69) is 10.6 Å². The number of carbonyl (C=O) groups is 1. The molecule has 2 N–H and O–H groups in total. The number of ether oxygens (including phenoxy) is 2. The number of anilines is 2. The molecule has 1 aromatic carbocycles. The highest BCUT2D eigenvalue weighted by Crippen LogP contribution is 2.37. The Balaban J connectivity index is 1.77. The predicted molar refractivity (Wildman–Crippen MR) is 77.7 cm³/mol. The molecular formula is C14H17ClN2O3. The molecule has 1 unspecified atom stereocenters. The number of amides is 1. The molecular weight excluding hydrogens is 280 g/mol. The number of benzene rings is 1. The minimum atomic E-state index is -0.157. The molecule has 2 heterocycles. The van der Waals surface area contributed by atoms with E-state index >= 15 is 0 Å². The van der Waals surface area contributed by atoms with Crippen LogP contribution in [0.1, 0.15) is 19.3 Å². The maximum absolute atomic E-state index is 11.3. The molecule has 108 valence electrons. The predicted octanol–water partition coefficient (Wildman–Crippen LogP) is 2.65. The number of fused-ring (bicyclic) bond motifs is 1. The van der Waals surface area contributed by atoms with E-state index in [0.29, 0.717) is 22.5 Å². The molecule has 0 aromatic heterocycles. The summed E-state index contributed by atoms with van der Waals surface area (Å²) in [7, 11) is 0. The van der Waals surface area contributed by atoms with Crippen LogP contribution in [0, 0.1) is 0 Å². The van der Waals surface area contributed by atoms with Gasteiger partial charge in [0, 0.05) is 25.3 Å². The highest BCUT2D eigenvalue weighted by Gasteiger charge is 2.20. The Bertz CT molecular complexity index is 513. The van der Waals surface area contributed by atoms with Gasteiger partial charge in [-0.3, -0.25) is 4.79 Å². The first-order valence-electron chi connectivity index (χ1n) is 6.83. The molecule has 1 saturated heterocycles. The summed E-state index contributed by atoms with van der Waals surface area (Å²) in [5.41, 5.74) is 1.47. The van der Waals surface area contributed by atoms with Crippen molar-refractivity contribution in [2.75, 3.05) is 30.5 Å². The Morgan fingerprint density at radius 2 is 2.20 bits per heavy atom. The van der Waals surface area contributed by atoms with Crippen LogP contribution in [0.2, 0.25) is 5.02 Å². The Morgan fingerprint density at radius 3 is 3.10 bits per heavy atom. The summed E-state index contributed by atoms with van der Waals surface area (Å²) in [4.78, 5) is 11.3. The van der Waals surface area contributed by atoms with E-state index in [-0.39, 0.29) is 12.5 Å². The van der Waals surface area contributed by atoms with Crippen LogP contribution in [0.4, 0.5) is 11.4 Å². The molecule has 5 nitrogen and oxygen atoms in total. The van der Waals surface area contributed by atoms with Gasteiger partial charge in [-0.1, -0.05) is 11.6 Å². The van der Waals surface area contributed by atoms with E-state index in [1.165, 1.54) is 0 Å². The van der Waals surface area contributed by atoms with Crippen molar-refractivity contribution in [3.05, 3.63) is 17.2 Å². The van der Waals surface area contributed by atoms with E-state index in [1.54, 1.807) is 6.07 Å². The van der Waals surface area contributed by atoms with Gasteiger partial charge in [-0.25, -0.2) is 0 Å². The number of rotatable bonds is 2. The maximum Gasteiger partial charge on any atom is 0.262 e. The number of hydrogen-bond acceptors (Lipinski definition) is 4. The van der Waals surface area contributed by atoms with Gasteiger partial charge in [0.15, 0.2) is 6.61 Å². The maximum atomic E-state index is 11.3. The van der Waals surface area contributed by atoms with E-state index < -0.39 is 0 Å². The van der Waals surface area contributed by atoms with Gasteiger partial charge < -0.3 is 20.1 Å². The zero-order valence-electron chi connectivity index (χ0n) is 11.1. The van der Waals surface area contributed by atoms with Gasteiger partial charge in [-0.2, -0.15) is 0 Å². The third kappa shape index (κ3) is 2.99. The first-order chi connectivity index (χ1) is 9.72.